The van der Waals surface area contributed by atoms with Crippen LogP contribution < -0.4 is 5.32 Å². The lowest BCUT2D eigenvalue weighted by atomic mass is 9.48. The molecular weight excluding hydrogens is 310 g/mol. The van der Waals surface area contributed by atoms with Crippen molar-refractivity contribution in [1.29, 1.82) is 0 Å². The van der Waals surface area contributed by atoms with Crippen LogP contribution in [0.25, 0.3) is 0 Å². The minimum atomic E-state index is -0.0494. The molecule has 4 rings (SSSR count). The van der Waals surface area contributed by atoms with Gasteiger partial charge in [0.05, 0.1) is 6.61 Å². The summed E-state index contributed by atoms with van der Waals surface area (Å²) in [5.41, 5.74) is 4.46. The third-order valence-electron chi connectivity index (χ3n) is 8.56. The van der Waals surface area contributed by atoms with Crippen molar-refractivity contribution in [2.24, 2.45) is 28.6 Å². The zero-order chi connectivity index (χ0) is 17.7. The van der Waals surface area contributed by atoms with Crippen LogP contribution in [0, 0.1) is 28.6 Å². The maximum atomic E-state index is 11.0. The molecular formula is C22H33NO2. The summed E-state index contributed by atoms with van der Waals surface area (Å²) < 4.78 is 0. The van der Waals surface area contributed by atoms with Gasteiger partial charge in [-0.05, 0) is 85.5 Å². The normalized spacial score (nSPS) is 44.9. The van der Waals surface area contributed by atoms with Gasteiger partial charge in [0.15, 0.2) is 0 Å². The van der Waals surface area contributed by atoms with E-state index in [0.29, 0.717) is 11.3 Å². The third kappa shape index (κ3) is 2.45. The average molecular weight is 344 g/mol. The maximum Gasteiger partial charge on any atom is 0.211 e. The van der Waals surface area contributed by atoms with Crippen LogP contribution in [0.4, 0.5) is 0 Å². The summed E-state index contributed by atoms with van der Waals surface area (Å²) in [6.45, 7) is 4.91. The highest BCUT2D eigenvalue weighted by atomic mass is 16.3. The number of rotatable bonds is 3. The molecule has 5 atom stereocenters. The molecule has 0 saturated heterocycles. The van der Waals surface area contributed by atoms with Crippen molar-refractivity contribution >= 4 is 6.41 Å². The van der Waals surface area contributed by atoms with Crippen LogP contribution in [0.3, 0.4) is 0 Å². The van der Waals surface area contributed by atoms with Crippen LogP contribution in [0.2, 0.25) is 0 Å². The molecule has 3 saturated carbocycles. The first-order chi connectivity index (χ1) is 12.0. The summed E-state index contributed by atoms with van der Waals surface area (Å²) in [5.74, 6) is 2.31. The molecule has 2 N–H and O–H groups in total. The second-order valence-corrected chi connectivity index (χ2v) is 9.34. The van der Waals surface area contributed by atoms with Gasteiger partial charge in [-0.2, -0.15) is 0 Å². The molecule has 4 aliphatic carbocycles. The van der Waals surface area contributed by atoms with Crippen molar-refractivity contribution in [2.45, 2.75) is 71.6 Å². The van der Waals surface area contributed by atoms with Crippen LogP contribution >= 0.6 is 0 Å². The average Bonchev–Trinajstić information content (AvgIpc) is 2.96. The van der Waals surface area contributed by atoms with E-state index in [1.165, 1.54) is 56.9 Å². The smallest absolute Gasteiger partial charge is 0.211 e. The Labute approximate surface area is 152 Å². The maximum absolute atomic E-state index is 11.0. The van der Waals surface area contributed by atoms with Gasteiger partial charge in [-0.3, -0.25) is 4.79 Å². The fraction of sp³-hybridized carbons (Fsp3) is 0.773. The Hall–Kier alpha value is -1.09. The standard InChI is InChI=1S/C22H33NO2/c1-21-11-4-3-5-15(21)6-7-16-17-8-9-19(20(13-24)23-14-25)22(17,2)12-10-18(16)21/h6,14,16-18,24H,3-5,7-13H2,1-2H3,(H,23,25)/t16-,17-,18-,21-,22-/m0/s1. The molecule has 0 spiro atoms. The Balaban J connectivity index is 1.68. The number of hydrogen-bond donors (Lipinski definition) is 2. The first-order valence-corrected chi connectivity index (χ1v) is 10.3. The second kappa shape index (κ2) is 6.26. The van der Waals surface area contributed by atoms with E-state index >= 15 is 0 Å². The Kier molecular flexibility index (Phi) is 4.34. The fourth-order valence-electron chi connectivity index (χ4n) is 7.31. The highest BCUT2D eigenvalue weighted by Gasteiger charge is 2.57. The summed E-state index contributed by atoms with van der Waals surface area (Å²) in [4.78, 5) is 11.0. The van der Waals surface area contributed by atoms with Gasteiger partial charge in [0.2, 0.25) is 6.41 Å². The van der Waals surface area contributed by atoms with Gasteiger partial charge >= 0.3 is 0 Å². The number of hydrogen-bond acceptors (Lipinski definition) is 2. The number of fused-ring (bicyclic) bond motifs is 5. The number of aliphatic hydroxyl groups is 1. The first-order valence-electron chi connectivity index (χ1n) is 10.3. The van der Waals surface area contributed by atoms with Crippen LogP contribution in [-0.2, 0) is 4.79 Å². The lowest BCUT2D eigenvalue weighted by molar-refractivity contribution is -0.109. The number of aliphatic hydroxyl groups excluding tert-OH is 1. The molecule has 0 bridgehead atoms. The molecule has 3 fully saturated rings. The van der Waals surface area contributed by atoms with Crippen LogP contribution in [-0.4, -0.2) is 18.1 Å². The Morgan fingerprint density at radius 3 is 2.76 bits per heavy atom. The molecule has 3 heteroatoms. The highest BCUT2D eigenvalue weighted by Crippen LogP contribution is 2.66. The number of amides is 1. The van der Waals surface area contributed by atoms with Gasteiger partial charge in [-0.1, -0.05) is 31.9 Å². The van der Waals surface area contributed by atoms with E-state index in [-0.39, 0.29) is 12.0 Å². The van der Waals surface area contributed by atoms with E-state index in [4.69, 9.17) is 0 Å². The molecule has 3 nitrogen and oxygen atoms in total. The lowest BCUT2D eigenvalue weighted by Gasteiger charge is -2.57. The monoisotopic (exact) mass is 343 g/mol. The Morgan fingerprint density at radius 1 is 1.20 bits per heavy atom. The SMILES string of the molecule is C[C@]12CCCCC1=CC[C@@H]1[C@@H]2CC[C@]2(C)C(=C(CO)NC=O)CC[C@@H]12. The minimum Gasteiger partial charge on any atom is -0.390 e. The number of nitrogens with one attached hydrogen (secondary N) is 1. The van der Waals surface area contributed by atoms with Crippen LogP contribution in [0.5, 0.6) is 0 Å². The number of allylic oxidation sites excluding steroid dienone is 3. The van der Waals surface area contributed by atoms with E-state index in [2.05, 4.69) is 25.2 Å². The zero-order valence-corrected chi connectivity index (χ0v) is 15.8. The van der Waals surface area contributed by atoms with Crippen molar-refractivity contribution in [2.75, 3.05) is 6.61 Å². The van der Waals surface area contributed by atoms with Crippen molar-refractivity contribution in [3.8, 4) is 0 Å². The van der Waals surface area contributed by atoms with Gasteiger partial charge in [-0.15, -0.1) is 0 Å². The quantitative estimate of drug-likeness (QED) is 0.592. The lowest BCUT2D eigenvalue weighted by Crippen LogP contribution is -2.48. The van der Waals surface area contributed by atoms with E-state index in [1.807, 2.05) is 0 Å². The third-order valence-corrected chi connectivity index (χ3v) is 8.56. The first kappa shape index (κ1) is 17.3. The summed E-state index contributed by atoms with van der Waals surface area (Å²) in [7, 11) is 0. The predicted octanol–water partition coefficient (Wildman–Crippen LogP) is 4.33. The van der Waals surface area contributed by atoms with Crippen molar-refractivity contribution in [1.82, 2.24) is 5.32 Å². The molecule has 138 valence electrons. The Bertz CT molecular complexity index is 622. The molecule has 0 unspecified atom stereocenters. The van der Waals surface area contributed by atoms with Gasteiger partial charge < -0.3 is 10.4 Å². The fourth-order valence-corrected chi connectivity index (χ4v) is 7.31. The molecule has 0 aromatic rings. The summed E-state index contributed by atoms with van der Waals surface area (Å²) >= 11 is 0. The van der Waals surface area contributed by atoms with E-state index in [9.17, 15) is 9.90 Å². The molecule has 0 aliphatic heterocycles. The molecule has 25 heavy (non-hydrogen) atoms. The largest absolute Gasteiger partial charge is 0.390 e. The zero-order valence-electron chi connectivity index (χ0n) is 15.8. The van der Waals surface area contributed by atoms with Gasteiger partial charge in [0.1, 0.15) is 0 Å². The molecule has 0 radical (unpaired) electrons. The molecule has 1 amide bonds. The number of carbonyl (C=O) groups is 1. The Morgan fingerprint density at radius 2 is 2.00 bits per heavy atom. The topological polar surface area (TPSA) is 49.3 Å². The molecule has 0 aromatic carbocycles. The van der Waals surface area contributed by atoms with E-state index < -0.39 is 0 Å². The molecule has 0 aromatic heterocycles. The summed E-state index contributed by atoms with van der Waals surface area (Å²) in [5, 5.41) is 12.6. The van der Waals surface area contributed by atoms with Crippen LogP contribution in [0.15, 0.2) is 22.9 Å². The van der Waals surface area contributed by atoms with Gasteiger partial charge in [-0.25, -0.2) is 0 Å². The van der Waals surface area contributed by atoms with Crippen molar-refractivity contribution in [3.63, 3.8) is 0 Å². The van der Waals surface area contributed by atoms with E-state index in [0.717, 1.165) is 30.4 Å². The van der Waals surface area contributed by atoms with E-state index in [1.54, 1.807) is 5.57 Å². The predicted molar refractivity (Wildman–Crippen MR) is 99.6 cm³/mol. The summed E-state index contributed by atoms with van der Waals surface area (Å²) in [6, 6.07) is 0. The van der Waals surface area contributed by atoms with Crippen molar-refractivity contribution in [3.05, 3.63) is 22.9 Å². The minimum absolute atomic E-state index is 0.0494. The molecule has 0 heterocycles. The van der Waals surface area contributed by atoms with Gasteiger partial charge in [0.25, 0.3) is 0 Å². The molecule has 4 aliphatic rings. The van der Waals surface area contributed by atoms with Gasteiger partial charge in [0, 0.05) is 5.70 Å². The second-order valence-electron chi connectivity index (χ2n) is 9.34. The van der Waals surface area contributed by atoms with Crippen LogP contribution in [0.1, 0.15) is 71.6 Å². The highest BCUT2D eigenvalue weighted by molar-refractivity contribution is 5.51. The number of carbonyl (C=O) groups excluding carboxylic acids is 1. The summed E-state index contributed by atoms with van der Waals surface area (Å²) in [6.07, 6.45) is 14.8. The van der Waals surface area contributed by atoms with Crippen molar-refractivity contribution < 1.29 is 9.90 Å².